The van der Waals surface area contributed by atoms with Gasteiger partial charge in [0.05, 0.1) is 15.7 Å². The number of piperidine rings is 1. The summed E-state index contributed by atoms with van der Waals surface area (Å²) in [7, 11) is -3.67. The van der Waals surface area contributed by atoms with Crippen molar-refractivity contribution >= 4 is 15.7 Å². The van der Waals surface area contributed by atoms with Crippen LogP contribution in [-0.2, 0) is 16.0 Å². The summed E-state index contributed by atoms with van der Waals surface area (Å²) in [4.78, 5) is 13.9. The molecule has 9 heteroatoms. The highest BCUT2D eigenvalue weighted by molar-refractivity contribution is 7.92. The van der Waals surface area contributed by atoms with Crippen LogP contribution in [0.5, 0.6) is 0 Å². The highest BCUT2D eigenvalue weighted by atomic mass is 32.2. The summed E-state index contributed by atoms with van der Waals surface area (Å²) in [6.45, 7) is 0.223. The van der Waals surface area contributed by atoms with Crippen LogP contribution in [-0.4, -0.2) is 37.6 Å². The number of nitrogens with zero attached hydrogens (tertiary/aromatic N) is 1. The van der Waals surface area contributed by atoms with Crippen molar-refractivity contribution in [2.24, 2.45) is 0 Å². The zero-order chi connectivity index (χ0) is 20.5. The summed E-state index contributed by atoms with van der Waals surface area (Å²) in [6, 6.07) is 8.69. The first kappa shape index (κ1) is 20.3. The second-order valence-electron chi connectivity index (χ2n) is 6.57. The van der Waals surface area contributed by atoms with E-state index in [9.17, 15) is 30.8 Å². The number of carbonyl (C=O) groups is 1. The number of halogens is 4. The van der Waals surface area contributed by atoms with Crippen molar-refractivity contribution in [1.29, 1.82) is 0 Å². The molecule has 1 saturated heterocycles. The van der Waals surface area contributed by atoms with E-state index in [0.29, 0.717) is 0 Å². The molecule has 0 atom stereocenters. The summed E-state index contributed by atoms with van der Waals surface area (Å²) < 4.78 is 76.8. The van der Waals surface area contributed by atoms with E-state index < -0.39 is 38.6 Å². The Hall–Kier alpha value is -2.42. The highest BCUT2D eigenvalue weighted by Gasteiger charge is 2.34. The molecule has 0 N–H and O–H groups in total. The fourth-order valence-electron chi connectivity index (χ4n) is 3.20. The van der Waals surface area contributed by atoms with Crippen molar-refractivity contribution in [2.45, 2.75) is 29.2 Å². The van der Waals surface area contributed by atoms with Crippen molar-refractivity contribution in [3.05, 3.63) is 65.5 Å². The molecule has 150 valence electrons. The number of likely N-dealkylation sites (tertiary alicyclic amines) is 1. The number of rotatable bonds is 3. The van der Waals surface area contributed by atoms with Crippen molar-refractivity contribution < 1.29 is 30.8 Å². The van der Waals surface area contributed by atoms with E-state index in [-0.39, 0.29) is 36.4 Å². The van der Waals surface area contributed by atoms with Gasteiger partial charge < -0.3 is 4.90 Å². The molecule has 1 aliphatic rings. The van der Waals surface area contributed by atoms with E-state index in [1.165, 1.54) is 29.2 Å². The SMILES string of the molecule is O=C(c1cccc(C(F)(F)F)c1)N1CCC(S(=O)(=O)c2ccc(F)cc2)CC1. The van der Waals surface area contributed by atoms with Gasteiger partial charge in [-0.25, -0.2) is 12.8 Å². The predicted molar refractivity (Wildman–Crippen MR) is 94.0 cm³/mol. The Morgan fingerprint density at radius 1 is 1.00 bits per heavy atom. The number of amides is 1. The normalized spacial score (nSPS) is 16.2. The van der Waals surface area contributed by atoms with E-state index in [2.05, 4.69) is 0 Å². The average molecular weight is 415 g/mol. The zero-order valence-electron chi connectivity index (χ0n) is 14.6. The van der Waals surface area contributed by atoms with Crippen LogP contribution < -0.4 is 0 Å². The van der Waals surface area contributed by atoms with Crippen LogP contribution in [0.1, 0.15) is 28.8 Å². The van der Waals surface area contributed by atoms with Crippen LogP contribution in [0, 0.1) is 5.82 Å². The molecule has 0 radical (unpaired) electrons. The van der Waals surface area contributed by atoms with Gasteiger partial charge in [-0.3, -0.25) is 4.79 Å². The maximum atomic E-state index is 13.0. The number of hydrogen-bond acceptors (Lipinski definition) is 3. The summed E-state index contributed by atoms with van der Waals surface area (Å²) in [5.41, 5.74) is -0.998. The minimum atomic E-state index is -4.55. The molecule has 3 rings (SSSR count). The van der Waals surface area contributed by atoms with Crippen LogP contribution in [0.25, 0.3) is 0 Å². The first-order valence-corrected chi connectivity index (χ1v) is 10.1. The van der Waals surface area contributed by atoms with Crippen molar-refractivity contribution in [2.75, 3.05) is 13.1 Å². The van der Waals surface area contributed by atoms with Gasteiger partial charge in [-0.2, -0.15) is 13.2 Å². The first-order valence-electron chi connectivity index (χ1n) is 8.55. The summed E-state index contributed by atoms with van der Waals surface area (Å²) in [5.74, 6) is -1.11. The molecule has 0 aliphatic carbocycles. The van der Waals surface area contributed by atoms with Gasteiger partial charge in [-0.15, -0.1) is 0 Å². The molecule has 0 unspecified atom stereocenters. The first-order chi connectivity index (χ1) is 13.1. The van der Waals surface area contributed by atoms with Crippen LogP contribution in [0.2, 0.25) is 0 Å². The highest BCUT2D eigenvalue weighted by Crippen LogP contribution is 2.30. The van der Waals surface area contributed by atoms with Crippen LogP contribution in [0.3, 0.4) is 0 Å². The molecule has 28 heavy (non-hydrogen) atoms. The lowest BCUT2D eigenvalue weighted by Crippen LogP contribution is -2.42. The number of carbonyl (C=O) groups excluding carboxylic acids is 1. The van der Waals surface area contributed by atoms with Crippen LogP contribution >= 0.6 is 0 Å². The average Bonchev–Trinajstić information content (AvgIpc) is 2.67. The molecule has 0 aromatic heterocycles. The van der Waals surface area contributed by atoms with Gasteiger partial charge in [0.2, 0.25) is 0 Å². The molecule has 1 amide bonds. The lowest BCUT2D eigenvalue weighted by Gasteiger charge is -2.32. The van der Waals surface area contributed by atoms with E-state index in [4.69, 9.17) is 0 Å². The lowest BCUT2D eigenvalue weighted by molar-refractivity contribution is -0.137. The van der Waals surface area contributed by atoms with Gasteiger partial charge in [-0.1, -0.05) is 6.07 Å². The third kappa shape index (κ3) is 4.19. The monoisotopic (exact) mass is 415 g/mol. The third-order valence-electron chi connectivity index (χ3n) is 4.75. The Bertz CT molecular complexity index is 963. The maximum Gasteiger partial charge on any atom is 0.416 e. The molecule has 1 fully saturated rings. The molecule has 2 aromatic rings. The van der Waals surface area contributed by atoms with E-state index in [0.717, 1.165) is 24.3 Å². The third-order valence-corrected chi connectivity index (χ3v) is 7.03. The molecule has 1 aliphatic heterocycles. The standard InChI is InChI=1S/C19H17F4NO3S/c20-15-4-6-16(7-5-15)28(26,27)17-8-10-24(11-9-17)18(25)13-2-1-3-14(12-13)19(21,22)23/h1-7,12,17H,8-11H2. The Balaban J connectivity index is 1.70. The number of alkyl halides is 3. The Kier molecular flexibility index (Phi) is 5.47. The molecule has 4 nitrogen and oxygen atoms in total. The maximum absolute atomic E-state index is 13.0. The molecular formula is C19H17F4NO3S. The number of hydrogen-bond donors (Lipinski definition) is 0. The second-order valence-corrected chi connectivity index (χ2v) is 8.80. The smallest absolute Gasteiger partial charge is 0.339 e. The van der Waals surface area contributed by atoms with E-state index in [1.54, 1.807) is 0 Å². The molecule has 0 saturated carbocycles. The van der Waals surface area contributed by atoms with E-state index >= 15 is 0 Å². The fraction of sp³-hybridized carbons (Fsp3) is 0.316. The number of sulfone groups is 1. The van der Waals surface area contributed by atoms with Crippen molar-refractivity contribution in [1.82, 2.24) is 4.90 Å². The van der Waals surface area contributed by atoms with E-state index in [1.807, 2.05) is 0 Å². The number of benzene rings is 2. The van der Waals surface area contributed by atoms with Gasteiger partial charge in [0.25, 0.3) is 5.91 Å². The van der Waals surface area contributed by atoms with Gasteiger partial charge in [0.1, 0.15) is 5.82 Å². The lowest BCUT2D eigenvalue weighted by atomic mass is 10.1. The minimum Gasteiger partial charge on any atom is -0.339 e. The minimum absolute atomic E-state index is 0.0107. The van der Waals surface area contributed by atoms with Crippen LogP contribution in [0.15, 0.2) is 53.4 Å². The van der Waals surface area contributed by atoms with Gasteiger partial charge in [0.15, 0.2) is 9.84 Å². The summed E-state index contributed by atoms with van der Waals surface area (Å²) >= 11 is 0. The Labute approximate surface area is 159 Å². The largest absolute Gasteiger partial charge is 0.416 e. The Morgan fingerprint density at radius 3 is 2.18 bits per heavy atom. The zero-order valence-corrected chi connectivity index (χ0v) is 15.4. The van der Waals surface area contributed by atoms with Gasteiger partial charge in [-0.05, 0) is 55.3 Å². The summed E-state index contributed by atoms with van der Waals surface area (Å²) in [5, 5.41) is -0.733. The second kappa shape index (κ2) is 7.54. The summed E-state index contributed by atoms with van der Waals surface area (Å²) in [6.07, 6.45) is -4.23. The molecule has 0 spiro atoms. The molecule has 1 heterocycles. The molecule has 2 aromatic carbocycles. The van der Waals surface area contributed by atoms with Crippen molar-refractivity contribution in [3.8, 4) is 0 Å². The quantitative estimate of drug-likeness (QED) is 0.564. The molecular weight excluding hydrogens is 398 g/mol. The van der Waals surface area contributed by atoms with Gasteiger partial charge in [0, 0.05) is 18.7 Å². The Morgan fingerprint density at radius 2 is 1.61 bits per heavy atom. The van der Waals surface area contributed by atoms with Crippen LogP contribution in [0.4, 0.5) is 17.6 Å². The predicted octanol–water partition coefficient (Wildman–Crippen LogP) is 3.92. The van der Waals surface area contributed by atoms with Gasteiger partial charge >= 0.3 is 6.18 Å². The van der Waals surface area contributed by atoms with Crippen molar-refractivity contribution in [3.63, 3.8) is 0 Å². The topological polar surface area (TPSA) is 54.5 Å². The fourth-order valence-corrected chi connectivity index (χ4v) is 4.93. The molecule has 0 bridgehead atoms.